The van der Waals surface area contributed by atoms with Crippen molar-refractivity contribution in [2.45, 2.75) is 159 Å². The van der Waals surface area contributed by atoms with Gasteiger partial charge < -0.3 is 85.3 Å². The van der Waals surface area contributed by atoms with E-state index in [0.29, 0.717) is 0 Å². The summed E-state index contributed by atoms with van der Waals surface area (Å²) >= 11 is 0. The summed E-state index contributed by atoms with van der Waals surface area (Å²) in [5.41, 5.74) is -2.46. The summed E-state index contributed by atoms with van der Waals surface area (Å²) in [6.07, 6.45) is -11.7. The molecule has 3 aliphatic rings. The minimum Gasteiger partial charge on any atom is -0.481 e. The minimum absolute atomic E-state index is 0.000507. The monoisotopic (exact) mass is 1500 g/mol. The first-order chi connectivity index (χ1) is 50.8. The van der Waals surface area contributed by atoms with Crippen molar-refractivity contribution < 1.29 is 157 Å². The third kappa shape index (κ3) is 18.6. The molecule has 0 bridgehead atoms. The maximum absolute atomic E-state index is 14.6. The molecule has 9 rings (SSSR count). The molecule has 0 amide bonds. The van der Waals surface area contributed by atoms with E-state index in [4.69, 9.17) is 85.3 Å². The molecule has 0 saturated carbocycles. The molecule has 33 heteroatoms. The number of carbonyl (C=O) groups is 15. The number of fused-ring (bicyclic) bond motifs is 3. The Balaban J connectivity index is 1.50. The molecule has 0 N–H and O–H groups in total. The lowest BCUT2D eigenvalue weighted by molar-refractivity contribution is -0.154. The van der Waals surface area contributed by atoms with Crippen LogP contribution in [0.15, 0.2) is 72.8 Å². The Labute approximate surface area is 612 Å². The van der Waals surface area contributed by atoms with Gasteiger partial charge in [-0.2, -0.15) is 0 Å². The van der Waals surface area contributed by atoms with Crippen LogP contribution in [-0.4, -0.2) is 108 Å². The lowest BCUT2D eigenvalue weighted by atomic mass is 9.76. The van der Waals surface area contributed by atoms with Gasteiger partial charge in [-0.25, -0.2) is 0 Å². The molecule has 108 heavy (non-hydrogen) atoms. The van der Waals surface area contributed by atoms with Crippen LogP contribution in [0.3, 0.4) is 0 Å². The molecular weight excluding hydrogens is 1430 g/mol. The quantitative estimate of drug-likeness (QED) is 0.0391. The van der Waals surface area contributed by atoms with E-state index in [1.165, 1.54) is 36.4 Å². The van der Waals surface area contributed by atoms with Crippen LogP contribution in [0, 0.1) is 0 Å². The average Bonchev–Trinajstić information content (AvgIpc) is 0.714. The van der Waals surface area contributed by atoms with E-state index in [0.717, 1.165) is 140 Å². The maximum atomic E-state index is 14.6. The Morgan fingerprint density at radius 2 is 0.713 bits per heavy atom. The van der Waals surface area contributed by atoms with Crippen molar-refractivity contribution in [3.63, 3.8) is 0 Å². The van der Waals surface area contributed by atoms with Gasteiger partial charge in [-0.05, 0) is 35.9 Å². The third-order valence-electron chi connectivity index (χ3n) is 15.5. The van der Waals surface area contributed by atoms with Crippen molar-refractivity contribution in [1.29, 1.82) is 0 Å². The second-order valence-corrected chi connectivity index (χ2v) is 24.3. The van der Waals surface area contributed by atoms with Crippen LogP contribution in [0.2, 0.25) is 0 Å². The van der Waals surface area contributed by atoms with Gasteiger partial charge in [0.1, 0.15) is 64.0 Å². The number of esters is 15. The second kappa shape index (κ2) is 32.8. The molecule has 566 valence electrons. The topological polar surface area (TPSA) is 422 Å². The van der Waals surface area contributed by atoms with E-state index in [1.807, 2.05) is 0 Å². The van der Waals surface area contributed by atoms with Crippen LogP contribution < -0.4 is 71.1 Å². The number of carbonyl (C=O) groups excluding carboxylic acids is 15. The summed E-state index contributed by atoms with van der Waals surface area (Å²) in [6, 6.07) is 13.8. The Kier molecular flexibility index (Phi) is 24.0. The van der Waals surface area contributed by atoms with Gasteiger partial charge in [0.2, 0.25) is 0 Å². The van der Waals surface area contributed by atoms with Crippen LogP contribution in [-0.2, 0) is 99.0 Å². The van der Waals surface area contributed by atoms with Crippen LogP contribution in [0.25, 0.3) is 11.1 Å². The first-order valence-corrected chi connectivity index (χ1v) is 32.6. The van der Waals surface area contributed by atoms with Gasteiger partial charge >= 0.3 is 89.5 Å². The zero-order valence-electron chi connectivity index (χ0n) is 60.4. The van der Waals surface area contributed by atoms with E-state index >= 15 is 0 Å². The van der Waals surface area contributed by atoms with Crippen LogP contribution in [0.1, 0.15) is 167 Å². The first kappa shape index (κ1) is 78.9. The summed E-state index contributed by atoms with van der Waals surface area (Å²) in [4.78, 5) is 200. The Morgan fingerprint density at radius 3 is 1.23 bits per heavy atom. The highest BCUT2D eigenvalue weighted by atomic mass is 16.6. The molecular formula is C75H68O33. The van der Waals surface area contributed by atoms with E-state index in [9.17, 15) is 71.9 Å². The summed E-state index contributed by atoms with van der Waals surface area (Å²) < 4.78 is 108. The van der Waals surface area contributed by atoms with Crippen molar-refractivity contribution >= 4 is 89.5 Å². The Hall–Kier alpha value is -13.2. The predicted octanol–water partition coefficient (Wildman–Crippen LogP) is 8.87. The van der Waals surface area contributed by atoms with Gasteiger partial charge in [0.05, 0.1) is 5.92 Å². The molecule has 6 aromatic rings. The summed E-state index contributed by atoms with van der Waals surface area (Å²) in [5, 5.41) is 0. The smallest absolute Gasteiger partial charge is 0.308 e. The fraction of sp³-hybridized carbons (Fsp3) is 0.320. The normalized spacial score (nSPS) is 17.1. The van der Waals surface area contributed by atoms with Crippen LogP contribution >= 0.6 is 0 Å². The number of hydrogen-bond acceptors (Lipinski definition) is 33. The van der Waals surface area contributed by atoms with Gasteiger partial charge in [0.15, 0.2) is 58.9 Å². The first-order valence-electron chi connectivity index (χ1n) is 32.6. The van der Waals surface area contributed by atoms with Gasteiger partial charge in [0.25, 0.3) is 0 Å². The van der Waals surface area contributed by atoms with Crippen LogP contribution in [0.5, 0.6) is 86.2 Å². The maximum Gasteiger partial charge on any atom is 0.308 e. The highest BCUT2D eigenvalue weighted by Gasteiger charge is 2.52. The van der Waals surface area contributed by atoms with Gasteiger partial charge in [-0.3, -0.25) is 71.9 Å². The largest absolute Gasteiger partial charge is 0.481 e. The van der Waals surface area contributed by atoms with Crippen molar-refractivity contribution in [3.8, 4) is 97.4 Å². The standard InChI is InChI=1S/C75H68O33/c1-30(76)91-46-21-55(95-34(5)80)51-27-65(103-42(13)88)71(106-56(51)22-46)50-26-60(99-38(9)84)59(98-37(8)83)25-49(50)66-48(17-19-54(94-33(4)79)74(66)104-43(14)89)73-75(105-44(15)90)69(67-61(100-39(10)85)23-47(92-31(2)77)24-62(67)107-73)68-63(101-40(11)86)29-57(96-35(6)81)52-28-64(102-41(12)87)70(108-72(52)68)45-16-18-53(93-32(3)78)58(20-45)97-36(7)82/h16-26,29,64-65,69-71,73,75H,27-28H2,1-15H3. The summed E-state index contributed by atoms with van der Waals surface area (Å²) in [7, 11) is 0. The van der Waals surface area contributed by atoms with Gasteiger partial charge in [-0.15, -0.1) is 0 Å². The predicted molar refractivity (Wildman–Crippen MR) is 359 cm³/mol. The molecule has 0 spiro atoms. The zero-order valence-corrected chi connectivity index (χ0v) is 60.4. The minimum atomic E-state index is -2.15. The SMILES string of the molecule is CC(=O)Oc1cc(OC(C)=O)c2c(c1)OC(c1cc(OC(C)=O)c(OC(C)=O)cc1-c1c(C3Oc4cc(OC(C)=O)cc(OC(C)=O)c4C(c4c(OC(C)=O)cc(OC(C)=O)c5c4OC(c4ccc(OC(C)=O)c(OC(C)=O)c4)C(OC(C)=O)C5)C3OC(C)=O)ccc(OC(C)=O)c1OC(C)=O)C(OC(C)=O)C2. The van der Waals surface area contributed by atoms with Crippen molar-refractivity contribution in [3.05, 3.63) is 112 Å². The summed E-state index contributed by atoms with van der Waals surface area (Å²) in [6.45, 7) is 15.2. The average molecular weight is 1500 g/mol. The van der Waals surface area contributed by atoms with Crippen LogP contribution in [0.4, 0.5) is 0 Å². The van der Waals surface area contributed by atoms with Crippen molar-refractivity contribution in [2.75, 3.05) is 0 Å². The molecule has 0 radical (unpaired) electrons. The van der Waals surface area contributed by atoms with Crippen molar-refractivity contribution in [1.82, 2.24) is 0 Å². The number of rotatable bonds is 20. The molecule has 7 atom stereocenters. The molecule has 0 saturated heterocycles. The number of ether oxygens (including phenoxy) is 18. The Morgan fingerprint density at radius 1 is 0.306 bits per heavy atom. The van der Waals surface area contributed by atoms with Crippen molar-refractivity contribution in [2.24, 2.45) is 0 Å². The lowest BCUT2D eigenvalue weighted by Gasteiger charge is -2.43. The van der Waals surface area contributed by atoms with Gasteiger partial charge in [0, 0.05) is 192 Å². The number of benzene rings is 6. The number of hydrogen-bond donors (Lipinski definition) is 0. The molecule has 0 aromatic heterocycles. The molecule has 0 aliphatic carbocycles. The van der Waals surface area contributed by atoms with E-state index in [2.05, 4.69) is 0 Å². The molecule has 33 nitrogen and oxygen atoms in total. The van der Waals surface area contributed by atoms with E-state index in [-0.39, 0.29) is 62.1 Å². The Bertz CT molecular complexity index is 4810. The highest BCUT2D eigenvalue weighted by Crippen LogP contribution is 2.61. The molecule has 7 unspecified atom stereocenters. The fourth-order valence-corrected chi connectivity index (χ4v) is 12.5. The molecule has 6 aromatic carbocycles. The molecule has 3 aliphatic heterocycles. The summed E-state index contributed by atoms with van der Waals surface area (Å²) in [5.74, 6) is -23.5. The highest BCUT2D eigenvalue weighted by molar-refractivity contribution is 5.89. The van der Waals surface area contributed by atoms with E-state index in [1.54, 1.807) is 0 Å². The fourth-order valence-electron chi connectivity index (χ4n) is 12.5. The van der Waals surface area contributed by atoms with Gasteiger partial charge in [-0.1, -0.05) is 12.1 Å². The zero-order chi connectivity index (χ0) is 79.2. The second-order valence-electron chi connectivity index (χ2n) is 24.3. The van der Waals surface area contributed by atoms with E-state index < -0.39 is 219 Å². The lowest BCUT2D eigenvalue weighted by Crippen LogP contribution is -2.40. The molecule has 0 fully saturated rings. The molecule has 3 heterocycles. The third-order valence-corrected chi connectivity index (χ3v) is 15.5.